The number of halogens is 1. The van der Waals surface area contributed by atoms with Crippen molar-refractivity contribution in [2.75, 3.05) is 38.1 Å². The second kappa shape index (κ2) is 8.33. The predicted octanol–water partition coefficient (Wildman–Crippen LogP) is 2.58. The number of likely N-dealkylation sites (N-methyl/N-ethyl adjacent to an activating group) is 1. The summed E-state index contributed by atoms with van der Waals surface area (Å²) in [5.41, 5.74) is 1.71. The number of nitrogens with one attached hydrogen (secondary N) is 1. The zero-order valence-electron chi connectivity index (χ0n) is 15.8. The zero-order valence-corrected chi connectivity index (χ0v) is 16.6. The molecule has 146 valence electrons. The lowest BCUT2D eigenvalue weighted by molar-refractivity contribution is 0.0943. The fourth-order valence-corrected chi connectivity index (χ4v) is 3.90. The number of rotatable bonds is 5. The number of aromatic nitrogens is 1. The Morgan fingerprint density at radius 1 is 1.30 bits per heavy atom. The van der Waals surface area contributed by atoms with Crippen molar-refractivity contribution in [2.24, 2.45) is 0 Å². The minimum absolute atomic E-state index is 0.277. The Morgan fingerprint density at radius 3 is 2.63 bits per heavy atom. The summed E-state index contributed by atoms with van der Waals surface area (Å²) in [5, 5.41) is 13.0. The van der Waals surface area contributed by atoms with Gasteiger partial charge in [0.05, 0.1) is 12.2 Å². The molecule has 1 amide bonds. The number of hydrogen-bond donors (Lipinski definition) is 2. The van der Waals surface area contributed by atoms with E-state index >= 15 is 0 Å². The summed E-state index contributed by atoms with van der Waals surface area (Å²) in [6.07, 6.45) is 0.753. The molecule has 6 nitrogen and oxygen atoms in total. The van der Waals surface area contributed by atoms with E-state index in [1.54, 1.807) is 13.0 Å². The number of carbonyl (C=O) groups excluding carboxylic acids is 1. The monoisotopic (exact) mass is 392 g/mol. The van der Waals surface area contributed by atoms with Crippen LogP contribution < -0.4 is 10.2 Å². The van der Waals surface area contributed by atoms with Gasteiger partial charge in [-0.25, -0.2) is 9.37 Å². The Hall–Kier alpha value is -2.03. The third-order valence-corrected chi connectivity index (χ3v) is 5.92. The topological polar surface area (TPSA) is 68.7 Å². The Kier molecular flexibility index (Phi) is 6.08. The largest absolute Gasteiger partial charge is 0.386 e. The molecule has 1 aliphatic rings. The van der Waals surface area contributed by atoms with E-state index in [1.165, 1.54) is 18.3 Å². The Bertz CT molecular complexity index is 803. The lowest BCUT2D eigenvalue weighted by Crippen LogP contribution is -2.45. The molecule has 2 N–H and O–H groups in total. The molecule has 0 unspecified atom stereocenters. The predicted molar refractivity (Wildman–Crippen MR) is 105 cm³/mol. The number of anilines is 1. The zero-order chi connectivity index (χ0) is 19.6. The fourth-order valence-electron chi connectivity index (χ4n) is 3.14. The van der Waals surface area contributed by atoms with Crippen molar-refractivity contribution >= 4 is 22.9 Å². The molecule has 0 bridgehead atoms. The summed E-state index contributed by atoms with van der Waals surface area (Å²) in [7, 11) is 2.09. The number of carbonyl (C=O) groups is 1. The number of aliphatic hydroxyl groups excluding tert-OH is 1. The van der Waals surface area contributed by atoms with Crippen molar-refractivity contribution in [1.29, 1.82) is 0 Å². The number of amides is 1. The SMILES string of the molecule is C[C@@H](O)c1ncc(C(=O)N[C@H](C)c2cc(F)ccc2N2CCN(C)CC2)s1. The Labute approximate surface area is 162 Å². The Balaban J connectivity index is 1.78. The van der Waals surface area contributed by atoms with Crippen LogP contribution in [0.3, 0.4) is 0 Å². The van der Waals surface area contributed by atoms with Crippen LogP contribution in [-0.2, 0) is 0 Å². The van der Waals surface area contributed by atoms with Gasteiger partial charge in [0.2, 0.25) is 0 Å². The van der Waals surface area contributed by atoms with Crippen LogP contribution >= 0.6 is 11.3 Å². The van der Waals surface area contributed by atoms with Gasteiger partial charge in [0.15, 0.2) is 0 Å². The molecular formula is C19H25FN4O2S. The van der Waals surface area contributed by atoms with Gasteiger partial charge in [0.1, 0.15) is 21.8 Å². The molecule has 8 heteroatoms. The van der Waals surface area contributed by atoms with Crippen LogP contribution in [0.5, 0.6) is 0 Å². The number of hydrogen-bond acceptors (Lipinski definition) is 6. The quantitative estimate of drug-likeness (QED) is 0.819. The molecular weight excluding hydrogens is 367 g/mol. The average molecular weight is 393 g/mol. The first-order valence-corrected chi connectivity index (χ1v) is 9.84. The minimum atomic E-state index is -0.707. The first kappa shape index (κ1) is 19.7. The highest BCUT2D eigenvalue weighted by molar-refractivity contribution is 7.13. The van der Waals surface area contributed by atoms with Crippen molar-refractivity contribution in [2.45, 2.75) is 26.0 Å². The number of thiazole rings is 1. The van der Waals surface area contributed by atoms with E-state index < -0.39 is 6.10 Å². The van der Waals surface area contributed by atoms with Crippen LogP contribution in [0, 0.1) is 5.82 Å². The third kappa shape index (κ3) is 4.63. The normalized spacial score (nSPS) is 17.6. The molecule has 1 fully saturated rings. The van der Waals surface area contributed by atoms with Gasteiger partial charge in [0.25, 0.3) is 5.91 Å². The minimum Gasteiger partial charge on any atom is -0.386 e. The van der Waals surface area contributed by atoms with E-state index in [2.05, 4.69) is 27.1 Å². The second-order valence-electron chi connectivity index (χ2n) is 6.93. The molecule has 1 aromatic heterocycles. The molecule has 2 atom stereocenters. The smallest absolute Gasteiger partial charge is 0.263 e. The van der Waals surface area contributed by atoms with Crippen LogP contribution in [-0.4, -0.2) is 54.1 Å². The highest BCUT2D eigenvalue weighted by Crippen LogP contribution is 2.29. The third-order valence-electron chi connectivity index (χ3n) is 4.75. The average Bonchev–Trinajstić information content (AvgIpc) is 3.13. The van der Waals surface area contributed by atoms with E-state index in [0.29, 0.717) is 9.88 Å². The number of aliphatic hydroxyl groups is 1. The summed E-state index contributed by atoms with van der Waals surface area (Å²) < 4.78 is 13.9. The second-order valence-corrected chi connectivity index (χ2v) is 7.99. The number of benzene rings is 1. The van der Waals surface area contributed by atoms with Crippen LogP contribution in [0.1, 0.15) is 46.2 Å². The van der Waals surface area contributed by atoms with E-state index in [9.17, 15) is 14.3 Å². The van der Waals surface area contributed by atoms with Crippen LogP contribution in [0.2, 0.25) is 0 Å². The van der Waals surface area contributed by atoms with Crippen molar-refractivity contribution in [3.05, 3.63) is 45.7 Å². The van der Waals surface area contributed by atoms with Crippen molar-refractivity contribution in [1.82, 2.24) is 15.2 Å². The molecule has 1 saturated heterocycles. The van der Waals surface area contributed by atoms with E-state index in [0.717, 1.165) is 48.8 Å². The van der Waals surface area contributed by atoms with Gasteiger partial charge in [-0.1, -0.05) is 0 Å². The lowest BCUT2D eigenvalue weighted by Gasteiger charge is -2.36. The first-order chi connectivity index (χ1) is 12.8. The molecule has 0 spiro atoms. The molecule has 27 heavy (non-hydrogen) atoms. The maximum atomic E-state index is 13.9. The van der Waals surface area contributed by atoms with Gasteiger partial charge in [0, 0.05) is 37.4 Å². The highest BCUT2D eigenvalue weighted by atomic mass is 32.1. The molecule has 1 aromatic carbocycles. The van der Waals surface area contributed by atoms with Crippen molar-refractivity contribution < 1.29 is 14.3 Å². The van der Waals surface area contributed by atoms with E-state index in [-0.39, 0.29) is 17.8 Å². The standard InChI is InChI=1S/C19H25FN4O2S/c1-12(22-18(26)17-11-21-19(27-17)13(2)25)15-10-14(20)4-5-16(15)24-8-6-23(3)7-9-24/h4-5,10-13,25H,6-9H2,1-3H3,(H,22,26)/t12-,13-/m1/s1. The van der Waals surface area contributed by atoms with Gasteiger partial charge in [-0.05, 0) is 39.1 Å². The van der Waals surface area contributed by atoms with Crippen LogP contribution in [0.25, 0.3) is 0 Å². The summed E-state index contributed by atoms with van der Waals surface area (Å²) in [6.45, 7) is 7.08. The molecule has 3 rings (SSSR count). The van der Waals surface area contributed by atoms with Gasteiger partial charge >= 0.3 is 0 Å². The van der Waals surface area contributed by atoms with Crippen LogP contribution in [0.15, 0.2) is 24.4 Å². The molecule has 0 radical (unpaired) electrons. The first-order valence-electron chi connectivity index (χ1n) is 9.02. The van der Waals surface area contributed by atoms with Gasteiger partial charge in [-0.3, -0.25) is 4.79 Å². The molecule has 0 saturated carbocycles. The highest BCUT2D eigenvalue weighted by Gasteiger charge is 2.22. The van der Waals surface area contributed by atoms with Gasteiger partial charge < -0.3 is 20.2 Å². The maximum absolute atomic E-state index is 13.9. The lowest BCUT2D eigenvalue weighted by atomic mass is 10.0. The molecule has 0 aliphatic carbocycles. The number of nitrogens with zero attached hydrogens (tertiary/aromatic N) is 3. The summed E-state index contributed by atoms with van der Waals surface area (Å²) in [6, 6.07) is 4.38. The summed E-state index contributed by atoms with van der Waals surface area (Å²) in [4.78, 5) is 21.5. The summed E-state index contributed by atoms with van der Waals surface area (Å²) >= 11 is 1.16. The van der Waals surface area contributed by atoms with E-state index in [1.807, 2.05) is 6.92 Å². The molecule has 2 aromatic rings. The Morgan fingerprint density at radius 2 is 2.00 bits per heavy atom. The fraction of sp³-hybridized carbons (Fsp3) is 0.474. The van der Waals surface area contributed by atoms with E-state index in [4.69, 9.17) is 0 Å². The van der Waals surface area contributed by atoms with Gasteiger partial charge in [-0.2, -0.15) is 0 Å². The van der Waals surface area contributed by atoms with Crippen molar-refractivity contribution in [3.8, 4) is 0 Å². The molecule has 2 heterocycles. The van der Waals surface area contributed by atoms with Crippen molar-refractivity contribution in [3.63, 3.8) is 0 Å². The summed E-state index contributed by atoms with van der Waals surface area (Å²) in [5.74, 6) is -0.598. The van der Waals surface area contributed by atoms with Crippen LogP contribution in [0.4, 0.5) is 10.1 Å². The maximum Gasteiger partial charge on any atom is 0.263 e. The molecule has 1 aliphatic heterocycles. The van der Waals surface area contributed by atoms with Gasteiger partial charge in [-0.15, -0.1) is 11.3 Å². The number of piperazine rings is 1.